The summed E-state index contributed by atoms with van der Waals surface area (Å²) in [5.74, 6) is 1.74. The highest BCUT2D eigenvalue weighted by Crippen LogP contribution is 2.23. The number of hydrogen-bond donors (Lipinski definition) is 1. The average Bonchev–Trinajstić information content (AvgIpc) is 2.39. The summed E-state index contributed by atoms with van der Waals surface area (Å²) in [5.41, 5.74) is 8.40. The van der Waals surface area contributed by atoms with Gasteiger partial charge in [0, 0.05) is 6.04 Å². The SMILES string of the molecule is CCC(N)Cc1cccc(Oc2cccc(C)c2)c1. The first-order valence-corrected chi connectivity index (χ1v) is 6.76. The zero-order chi connectivity index (χ0) is 13.7. The maximum absolute atomic E-state index is 5.99. The maximum Gasteiger partial charge on any atom is 0.127 e. The highest BCUT2D eigenvalue weighted by atomic mass is 16.5. The fourth-order valence-electron chi connectivity index (χ4n) is 2.00. The molecule has 0 heterocycles. The minimum Gasteiger partial charge on any atom is -0.457 e. The summed E-state index contributed by atoms with van der Waals surface area (Å²) < 4.78 is 5.87. The lowest BCUT2D eigenvalue weighted by molar-refractivity contribution is 0.481. The van der Waals surface area contributed by atoms with Gasteiger partial charge in [0.25, 0.3) is 0 Å². The van der Waals surface area contributed by atoms with Gasteiger partial charge in [0.1, 0.15) is 11.5 Å². The molecule has 0 amide bonds. The number of hydrogen-bond acceptors (Lipinski definition) is 2. The third kappa shape index (κ3) is 4.11. The molecule has 0 aromatic heterocycles. The molecule has 0 saturated heterocycles. The molecule has 1 atom stereocenters. The van der Waals surface area contributed by atoms with Crippen LogP contribution in [-0.4, -0.2) is 6.04 Å². The van der Waals surface area contributed by atoms with Crippen LogP contribution in [0, 0.1) is 6.92 Å². The van der Waals surface area contributed by atoms with Gasteiger partial charge in [-0.3, -0.25) is 0 Å². The van der Waals surface area contributed by atoms with Gasteiger partial charge in [-0.15, -0.1) is 0 Å². The van der Waals surface area contributed by atoms with Crippen molar-refractivity contribution >= 4 is 0 Å². The van der Waals surface area contributed by atoms with E-state index in [0.717, 1.165) is 24.3 Å². The van der Waals surface area contributed by atoms with Crippen molar-refractivity contribution in [3.05, 3.63) is 59.7 Å². The van der Waals surface area contributed by atoms with Crippen molar-refractivity contribution in [2.75, 3.05) is 0 Å². The van der Waals surface area contributed by atoms with Crippen LogP contribution in [0.2, 0.25) is 0 Å². The summed E-state index contributed by atoms with van der Waals surface area (Å²) in [6.07, 6.45) is 1.88. The van der Waals surface area contributed by atoms with Gasteiger partial charge in [0.15, 0.2) is 0 Å². The number of rotatable bonds is 5. The van der Waals surface area contributed by atoms with E-state index in [1.165, 1.54) is 11.1 Å². The minimum absolute atomic E-state index is 0.217. The molecule has 100 valence electrons. The van der Waals surface area contributed by atoms with Crippen LogP contribution in [0.3, 0.4) is 0 Å². The Kier molecular flexibility index (Phi) is 4.58. The van der Waals surface area contributed by atoms with Gasteiger partial charge < -0.3 is 10.5 Å². The van der Waals surface area contributed by atoms with Gasteiger partial charge in [-0.25, -0.2) is 0 Å². The highest BCUT2D eigenvalue weighted by molar-refractivity contribution is 5.35. The molecule has 0 fully saturated rings. The van der Waals surface area contributed by atoms with E-state index in [4.69, 9.17) is 10.5 Å². The van der Waals surface area contributed by atoms with E-state index < -0.39 is 0 Å². The summed E-state index contributed by atoms with van der Waals surface area (Å²) in [5, 5.41) is 0. The molecule has 19 heavy (non-hydrogen) atoms. The van der Waals surface area contributed by atoms with E-state index in [0.29, 0.717) is 0 Å². The van der Waals surface area contributed by atoms with Crippen LogP contribution in [0.15, 0.2) is 48.5 Å². The summed E-state index contributed by atoms with van der Waals surface area (Å²) in [7, 11) is 0. The van der Waals surface area contributed by atoms with E-state index in [2.05, 4.69) is 32.0 Å². The van der Waals surface area contributed by atoms with Crippen molar-refractivity contribution in [2.24, 2.45) is 5.73 Å². The second kappa shape index (κ2) is 6.39. The van der Waals surface area contributed by atoms with E-state index in [-0.39, 0.29) is 6.04 Å². The van der Waals surface area contributed by atoms with Crippen molar-refractivity contribution in [2.45, 2.75) is 32.7 Å². The van der Waals surface area contributed by atoms with Crippen molar-refractivity contribution in [3.63, 3.8) is 0 Å². The van der Waals surface area contributed by atoms with E-state index in [1.54, 1.807) is 0 Å². The largest absolute Gasteiger partial charge is 0.457 e. The van der Waals surface area contributed by atoms with Gasteiger partial charge in [-0.1, -0.05) is 31.2 Å². The first-order chi connectivity index (χ1) is 9.17. The summed E-state index contributed by atoms with van der Waals surface area (Å²) in [4.78, 5) is 0. The second-order valence-corrected chi connectivity index (χ2v) is 4.94. The second-order valence-electron chi connectivity index (χ2n) is 4.94. The normalized spacial score (nSPS) is 12.2. The Balaban J connectivity index is 2.10. The maximum atomic E-state index is 5.99. The van der Waals surface area contributed by atoms with Gasteiger partial charge in [-0.2, -0.15) is 0 Å². The Morgan fingerprint density at radius 1 is 1.05 bits per heavy atom. The fraction of sp³-hybridized carbons (Fsp3) is 0.294. The van der Waals surface area contributed by atoms with Crippen LogP contribution < -0.4 is 10.5 Å². The fourth-order valence-corrected chi connectivity index (χ4v) is 2.00. The standard InChI is InChI=1S/C17H21NO/c1-3-15(18)11-14-7-5-9-17(12-14)19-16-8-4-6-13(2)10-16/h4-10,12,15H,3,11,18H2,1-2H3. The Morgan fingerprint density at radius 2 is 1.74 bits per heavy atom. The number of nitrogens with two attached hydrogens (primary N) is 1. The van der Waals surface area contributed by atoms with Gasteiger partial charge in [0.05, 0.1) is 0 Å². The van der Waals surface area contributed by atoms with Crippen molar-refractivity contribution in [3.8, 4) is 11.5 Å². The molecule has 0 aliphatic rings. The van der Waals surface area contributed by atoms with Crippen LogP contribution in [0.25, 0.3) is 0 Å². The molecule has 0 bridgehead atoms. The summed E-state index contributed by atoms with van der Waals surface area (Å²) >= 11 is 0. The molecule has 0 saturated carbocycles. The van der Waals surface area contributed by atoms with Crippen LogP contribution >= 0.6 is 0 Å². The molecule has 0 aliphatic carbocycles. The molecular weight excluding hydrogens is 234 g/mol. The smallest absolute Gasteiger partial charge is 0.127 e. The Bertz CT molecular complexity index is 536. The van der Waals surface area contributed by atoms with Crippen LogP contribution in [0.1, 0.15) is 24.5 Å². The molecule has 2 aromatic carbocycles. The summed E-state index contributed by atoms with van der Waals surface area (Å²) in [6, 6.07) is 16.4. The highest BCUT2D eigenvalue weighted by Gasteiger charge is 2.03. The molecule has 2 N–H and O–H groups in total. The van der Waals surface area contributed by atoms with Crippen molar-refractivity contribution in [1.82, 2.24) is 0 Å². The van der Waals surface area contributed by atoms with Crippen molar-refractivity contribution < 1.29 is 4.74 Å². The zero-order valence-electron chi connectivity index (χ0n) is 11.6. The molecular formula is C17H21NO. The van der Waals surface area contributed by atoms with Crippen LogP contribution in [0.4, 0.5) is 0 Å². The van der Waals surface area contributed by atoms with Crippen molar-refractivity contribution in [1.29, 1.82) is 0 Å². The van der Waals surface area contributed by atoms with Crippen LogP contribution in [-0.2, 0) is 6.42 Å². The minimum atomic E-state index is 0.217. The number of benzene rings is 2. The van der Waals surface area contributed by atoms with Gasteiger partial charge in [0.2, 0.25) is 0 Å². The predicted octanol–water partition coefficient (Wildman–Crippen LogP) is 4.07. The molecule has 2 aromatic rings. The molecule has 0 radical (unpaired) electrons. The van der Waals surface area contributed by atoms with E-state index in [9.17, 15) is 0 Å². The quantitative estimate of drug-likeness (QED) is 0.874. The third-order valence-corrected chi connectivity index (χ3v) is 3.15. The lowest BCUT2D eigenvalue weighted by Crippen LogP contribution is -2.21. The summed E-state index contributed by atoms with van der Waals surface area (Å²) in [6.45, 7) is 4.17. The molecule has 2 rings (SSSR count). The van der Waals surface area contributed by atoms with E-state index >= 15 is 0 Å². The average molecular weight is 255 g/mol. The molecule has 2 nitrogen and oxygen atoms in total. The lowest BCUT2D eigenvalue weighted by atomic mass is 10.0. The molecule has 0 aliphatic heterocycles. The monoisotopic (exact) mass is 255 g/mol. The molecule has 1 unspecified atom stereocenters. The van der Waals surface area contributed by atoms with Crippen LogP contribution in [0.5, 0.6) is 11.5 Å². The topological polar surface area (TPSA) is 35.2 Å². The zero-order valence-corrected chi connectivity index (χ0v) is 11.6. The number of ether oxygens (including phenoxy) is 1. The van der Waals surface area contributed by atoms with E-state index in [1.807, 2.05) is 30.3 Å². The predicted molar refractivity (Wildman–Crippen MR) is 79.7 cm³/mol. The lowest BCUT2D eigenvalue weighted by Gasteiger charge is -2.11. The Hall–Kier alpha value is -1.80. The first-order valence-electron chi connectivity index (χ1n) is 6.76. The third-order valence-electron chi connectivity index (χ3n) is 3.15. The Morgan fingerprint density at radius 3 is 2.42 bits per heavy atom. The first kappa shape index (κ1) is 13.6. The van der Waals surface area contributed by atoms with Gasteiger partial charge in [-0.05, 0) is 55.2 Å². The van der Waals surface area contributed by atoms with Gasteiger partial charge >= 0.3 is 0 Å². The molecule has 0 spiro atoms. The number of aryl methyl sites for hydroxylation is 1. The molecule has 2 heteroatoms. The Labute approximate surface area is 115 Å².